The third-order valence-electron chi connectivity index (χ3n) is 3.62. The molecule has 0 saturated carbocycles. The molecule has 1 aliphatic heterocycles. The van der Waals surface area contributed by atoms with Gasteiger partial charge in [-0.2, -0.15) is 0 Å². The third-order valence-corrected chi connectivity index (χ3v) is 4.23. The van der Waals surface area contributed by atoms with Gasteiger partial charge in [0, 0.05) is 12.1 Å². The first-order valence-electron chi connectivity index (χ1n) is 6.54. The SMILES string of the molecule is CC1CCCC(C)N1NC(=O)c1cccc(Br)c1F. The summed E-state index contributed by atoms with van der Waals surface area (Å²) in [6.45, 7) is 4.15. The molecule has 0 radical (unpaired) electrons. The van der Waals surface area contributed by atoms with E-state index in [2.05, 4.69) is 35.2 Å². The summed E-state index contributed by atoms with van der Waals surface area (Å²) in [5.41, 5.74) is 2.91. The quantitative estimate of drug-likeness (QED) is 0.901. The van der Waals surface area contributed by atoms with Crippen molar-refractivity contribution < 1.29 is 9.18 Å². The molecule has 19 heavy (non-hydrogen) atoms. The fourth-order valence-electron chi connectivity index (χ4n) is 2.50. The highest BCUT2D eigenvalue weighted by Gasteiger charge is 2.27. The number of benzene rings is 1. The highest BCUT2D eigenvalue weighted by atomic mass is 79.9. The summed E-state index contributed by atoms with van der Waals surface area (Å²) in [4.78, 5) is 12.2. The van der Waals surface area contributed by atoms with E-state index in [4.69, 9.17) is 0 Å². The highest BCUT2D eigenvalue weighted by molar-refractivity contribution is 9.10. The molecule has 1 aromatic rings. The molecule has 1 aliphatic rings. The average Bonchev–Trinajstić information content (AvgIpc) is 2.37. The fraction of sp³-hybridized carbons (Fsp3) is 0.500. The van der Waals surface area contributed by atoms with E-state index in [0.717, 1.165) is 12.8 Å². The summed E-state index contributed by atoms with van der Waals surface area (Å²) in [6, 6.07) is 5.30. The molecule has 1 heterocycles. The molecule has 1 amide bonds. The number of hydrogen-bond donors (Lipinski definition) is 1. The van der Waals surface area contributed by atoms with Crippen LogP contribution in [0.1, 0.15) is 43.5 Å². The molecule has 2 unspecified atom stereocenters. The lowest BCUT2D eigenvalue weighted by molar-refractivity contribution is 0.0367. The summed E-state index contributed by atoms with van der Waals surface area (Å²) < 4.78 is 14.2. The fourth-order valence-corrected chi connectivity index (χ4v) is 2.86. The number of piperidine rings is 1. The van der Waals surface area contributed by atoms with E-state index in [1.54, 1.807) is 12.1 Å². The predicted octanol–water partition coefficient (Wildman–Crippen LogP) is 3.50. The maximum Gasteiger partial charge on any atom is 0.268 e. The topological polar surface area (TPSA) is 32.3 Å². The number of rotatable bonds is 2. The lowest BCUT2D eigenvalue weighted by Crippen LogP contribution is -2.54. The van der Waals surface area contributed by atoms with E-state index >= 15 is 0 Å². The van der Waals surface area contributed by atoms with Gasteiger partial charge in [-0.05, 0) is 54.8 Å². The molecule has 1 saturated heterocycles. The molecule has 3 nitrogen and oxygen atoms in total. The molecule has 1 fully saturated rings. The van der Waals surface area contributed by atoms with Crippen molar-refractivity contribution in [3.05, 3.63) is 34.1 Å². The zero-order chi connectivity index (χ0) is 14.0. The van der Waals surface area contributed by atoms with Gasteiger partial charge >= 0.3 is 0 Å². The van der Waals surface area contributed by atoms with Gasteiger partial charge in [-0.3, -0.25) is 10.2 Å². The van der Waals surface area contributed by atoms with Gasteiger partial charge in [-0.25, -0.2) is 9.40 Å². The van der Waals surface area contributed by atoms with Crippen LogP contribution in [-0.4, -0.2) is 23.0 Å². The van der Waals surface area contributed by atoms with E-state index in [0.29, 0.717) is 4.47 Å². The van der Waals surface area contributed by atoms with Crippen LogP contribution < -0.4 is 5.43 Å². The van der Waals surface area contributed by atoms with E-state index in [1.807, 2.05) is 5.01 Å². The van der Waals surface area contributed by atoms with Crippen molar-refractivity contribution in [2.24, 2.45) is 0 Å². The standard InChI is InChI=1S/C14H18BrFN2O/c1-9-5-3-6-10(2)18(9)17-14(19)11-7-4-8-12(15)13(11)16/h4,7-10H,3,5-6H2,1-2H3,(H,17,19). The maximum absolute atomic E-state index is 13.9. The summed E-state index contributed by atoms with van der Waals surface area (Å²) >= 11 is 3.09. The first kappa shape index (κ1) is 14.5. The molecule has 104 valence electrons. The van der Waals surface area contributed by atoms with Crippen LogP contribution in [0.4, 0.5) is 4.39 Å². The van der Waals surface area contributed by atoms with Crippen molar-refractivity contribution >= 4 is 21.8 Å². The number of nitrogens with zero attached hydrogens (tertiary/aromatic N) is 1. The van der Waals surface area contributed by atoms with E-state index in [1.165, 1.54) is 12.5 Å². The van der Waals surface area contributed by atoms with Gasteiger partial charge in [0.05, 0.1) is 10.0 Å². The van der Waals surface area contributed by atoms with Crippen LogP contribution in [0, 0.1) is 5.82 Å². The van der Waals surface area contributed by atoms with Crippen molar-refractivity contribution in [2.75, 3.05) is 0 Å². The van der Waals surface area contributed by atoms with Crippen LogP contribution in [0.2, 0.25) is 0 Å². The first-order valence-corrected chi connectivity index (χ1v) is 7.33. The van der Waals surface area contributed by atoms with E-state index < -0.39 is 5.82 Å². The van der Waals surface area contributed by atoms with Gasteiger partial charge < -0.3 is 0 Å². The minimum absolute atomic E-state index is 0.0688. The molecule has 0 spiro atoms. The Labute approximate surface area is 121 Å². The Hall–Kier alpha value is -0.940. The van der Waals surface area contributed by atoms with Gasteiger partial charge in [-0.1, -0.05) is 12.5 Å². The number of hydrogen-bond acceptors (Lipinski definition) is 2. The second kappa shape index (κ2) is 6.01. The van der Waals surface area contributed by atoms with Crippen LogP contribution >= 0.6 is 15.9 Å². The molecular weight excluding hydrogens is 311 g/mol. The Bertz CT molecular complexity index is 471. The van der Waals surface area contributed by atoms with Gasteiger partial charge in [-0.15, -0.1) is 0 Å². The Morgan fingerprint density at radius 1 is 1.37 bits per heavy atom. The predicted molar refractivity (Wildman–Crippen MR) is 76.2 cm³/mol. The van der Waals surface area contributed by atoms with Crippen LogP contribution in [0.3, 0.4) is 0 Å². The summed E-state index contributed by atoms with van der Waals surface area (Å²) in [5.74, 6) is -0.906. The van der Waals surface area contributed by atoms with E-state index in [-0.39, 0.29) is 23.6 Å². The molecule has 0 bridgehead atoms. The first-order chi connectivity index (χ1) is 9.00. The molecule has 1 aromatic carbocycles. The minimum atomic E-state index is -0.516. The molecule has 1 N–H and O–H groups in total. The van der Waals surface area contributed by atoms with Crippen LogP contribution in [0.15, 0.2) is 22.7 Å². The van der Waals surface area contributed by atoms with Crippen molar-refractivity contribution in [1.29, 1.82) is 0 Å². The summed E-state index contributed by atoms with van der Waals surface area (Å²) in [6.07, 6.45) is 3.26. The normalized spacial score (nSPS) is 24.2. The Kier molecular flexibility index (Phi) is 4.58. The molecule has 0 aliphatic carbocycles. The van der Waals surface area contributed by atoms with Gasteiger partial charge in [0.15, 0.2) is 0 Å². The number of amides is 1. The molecule has 2 rings (SSSR count). The zero-order valence-electron chi connectivity index (χ0n) is 11.1. The van der Waals surface area contributed by atoms with Crippen molar-refractivity contribution in [3.63, 3.8) is 0 Å². The number of halogens is 2. The van der Waals surface area contributed by atoms with Crippen molar-refractivity contribution in [3.8, 4) is 0 Å². The van der Waals surface area contributed by atoms with Crippen LogP contribution in [0.25, 0.3) is 0 Å². The second-order valence-corrected chi connectivity index (χ2v) is 5.93. The lowest BCUT2D eigenvalue weighted by atomic mass is 10.00. The Morgan fingerprint density at radius 3 is 2.63 bits per heavy atom. The number of carbonyl (C=O) groups excluding carboxylic acids is 1. The van der Waals surface area contributed by atoms with Crippen molar-refractivity contribution in [2.45, 2.75) is 45.2 Å². The van der Waals surface area contributed by atoms with Gasteiger partial charge in [0.25, 0.3) is 5.91 Å². The smallest absolute Gasteiger partial charge is 0.268 e. The number of nitrogens with one attached hydrogen (secondary N) is 1. The Morgan fingerprint density at radius 2 is 2.00 bits per heavy atom. The summed E-state index contributed by atoms with van der Waals surface area (Å²) in [5, 5.41) is 1.94. The highest BCUT2D eigenvalue weighted by Crippen LogP contribution is 2.22. The minimum Gasteiger partial charge on any atom is -0.284 e. The average molecular weight is 329 g/mol. The lowest BCUT2D eigenvalue weighted by Gasteiger charge is -2.38. The summed E-state index contributed by atoms with van der Waals surface area (Å²) in [7, 11) is 0. The zero-order valence-corrected chi connectivity index (χ0v) is 12.7. The number of carbonyl (C=O) groups is 1. The molecule has 2 atom stereocenters. The maximum atomic E-state index is 13.9. The molecular formula is C14H18BrFN2O. The second-order valence-electron chi connectivity index (χ2n) is 5.08. The monoisotopic (exact) mass is 328 g/mol. The van der Waals surface area contributed by atoms with Crippen LogP contribution in [0.5, 0.6) is 0 Å². The molecule has 0 aromatic heterocycles. The largest absolute Gasteiger partial charge is 0.284 e. The number of hydrazine groups is 1. The van der Waals surface area contributed by atoms with Crippen LogP contribution in [-0.2, 0) is 0 Å². The van der Waals surface area contributed by atoms with E-state index in [9.17, 15) is 9.18 Å². The van der Waals surface area contributed by atoms with Gasteiger partial charge in [0.2, 0.25) is 0 Å². The third kappa shape index (κ3) is 3.15. The van der Waals surface area contributed by atoms with Crippen molar-refractivity contribution in [1.82, 2.24) is 10.4 Å². The van der Waals surface area contributed by atoms with Gasteiger partial charge in [0.1, 0.15) is 5.82 Å². The molecule has 5 heteroatoms. The Balaban J connectivity index is 2.14.